The first-order chi connectivity index (χ1) is 9.97. The van der Waals surface area contributed by atoms with Crippen molar-refractivity contribution in [3.63, 3.8) is 0 Å². The van der Waals surface area contributed by atoms with Gasteiger partial charge >= 0.3 is 0 Å². The Morgan fingerprint density at radius 1 is 1.24 bits per heavy atom. The summed E-state index contributed by atoms with van der Waals surface area (Å²) in [7, 11) is 0. The van der Waals surface area contributed by atoms with E-state index in [-0.39, 0.29) is 5.91 Å². The highest BCUT2D eigenvalue weighted by Crippen LogP contribution is 2.21. The van der Waals surface area contributed by atoms with Crippen LogP contribution in [0.2, 0.25) is 10.0 Å². The molecule has 0 bridgehead atoms. The molecule has 0 spiro atoms. The first kappa shape index (κ1) is 15.8. The molecule has 0 radical (unpaired) electrons. The van der Waals surface area contributed by atoms with E-state index in [1.807, 2.05) is 26.0 Å². The number of hydrogen-bond acceptors (Lipinski definition) is 2. The molecule has 0 aliphatic rings. The second kappa shape index (κ2) is 6.92. The van der Waals surface area contributed by atoms with Crippen molar-refractivity contribution >= 4 is 29.1 Å². The highest BCUT2D eigenvalue weighted by molar-refractivity contribution is 6.35. The summed E-state index contributed by atoms with van der Waals surface area (Å²) < 4.78 is 0. The number of nitrogens with one attached hydrogen (secondary N) is 1. The molecule has 2 rings (SSSR count). The molecule has 1 aromatic carbocycles. The molecule has 21 heavy (non-hydrogen) atoms. The van der Waals surface area contributed by atoms with Gasteiger partial charge in [0.2, 0.25) is 0 Å². The molecule has 3 nitrogen and oxygen atoms in total. The van der Waals surface area contributed by atoms with Gasteiger partial charge in [-0.05, 0) is 49.6 Å². The van der Waals surface area contributed by atoms with E-state index in [2.05, 4.69) is 10.3 Å². The third-order valence-corrected chi connectivity index (χ3v) is 3.88. The summed E-state index contributed by atoms with van der Waals surface area (Å²) in [6.07, 6.45) is 2.24. The molecule has 1 amide bonds. The molecule has 5 heteroatoms. The normalized spacial score (nSPS) is 10.5. The zero-order valence-corrected chi connectivity index (χ0v) is 13.4. The van der Waals surface area contributed by atoms with Gasteiger partial charge in [0.1, 0.15) is 0 Å². The maximum atomic E-state index is 12.0. The van der Waals surface area contributed by atoms with E-state index in [1.165, 1.54) is 0 Å². The molecular formula is C16H16Cl2N2O. The Bertz CT molecular complexity index is 671. The molecule has 1 heterocycles. The zero-order chi connectivity index (χ0) is 15.4. The zero-order valence-electron chi connectivity index (χ0n) is 11.9. The summed E-state index contributed by atoms with van der Waals surface area (Å²) in [4.78, 5) is 16.2. The van der Waals surface area contributed by atoms with Gasteiger partial charge in [-0.25, -0.2) is 0 Å². The molecule has 0 saturated heterocycles. The maximum absolute atomic E-state index is 12.0. The highest BCUT2D eigenvalue weighted by Gasteiger charge is 2.08. The van der Waals surface area contributed by atoms with Gasteiger partial charge in [0.25, 0.3) is 5.91 Å². The highest BCUT2D eigenvalue weighted by atomic mass is 35.5. The van der Waals surface area contributed by atoms with E-state index in [9.17, 15) is 4.79 Å². The molecule has 0 saturated carbocycles. The van der Waals surface area contributed by atoms with Crippen molar-refractivity contribution in [2.75, 3.05) is 6.54 Å². The number of rotatable bonds is 4. The van der Waals surface area contributed by atoms with E-state index in [1.54, 1.807) is 18.3 Å². The van der Waals surface area contributed by atoms with Crippen LogP contribution in [0, 0.1) is 13.8 Å². The fraction of sp³-hybridized carbons (Fsp3) is 0.250. The summed E-state index contributed by atoms with van der Waals surface area (Å²) in [5.41, 5.74) is 3.46. The van der Waals surface area contributed by atoms with E-state index < -0.39 is 0 Å². The predicted molar refractivity (Wildman–Crippen MR) is 86.2 cm³/mol. The molecule has 0 aliphatic carbocycles. The summed E-state index contributed by atoms with van der Waals surface area (Å²) in [5.74, 6) is -0.129. The third kappa shape index (κ3) is 4.19. The quantitative estimate of drug-likeness (QED) is 0.925. The van der Waals surface area contributed by atoms with Gasteiger partial charge in [-0.15, -0.1) is 0 Å². The lowest BCUT2D eigenvalue weighted by Gasteiger charge is -2.08. The van der Waals surface area contributed by atoms with Crippen molar-refractivity contribution in [2.24, 2.45) is 0 Å². The lowest BCUT2D eigenvalue weighted by molar-refractivity contribution is 0.0953. The standard InChI is InChI=1S/C16H16Cl2N2O/c1-10-7-13(9-20-11(10)2)16(21)19-6-5-12-3-4-14(17)8-15(12)18/h3-4,7-9H,5-6H2,1-2H3,(H,19,21). The third-order valence-electron chi connectivity index (χ3n) is 3.30. The number of nitrogens with zero attached hydrogens (tertiary/aromatic N) is 1. The summed E-state index contributed by atoms with van der Waals surface area (Å²) in [5, 5.41) is 4.09. The van der Waals surface area contributed by atoms with Crippen molar-refractivity contribution in [1.82, 2.24) is 10.3 Å². The minimum absolute atomic E-state index is 0.129. The molecule has 110 valence electrons. The Kier molecular flexibility index (Phi) is 5.21. The number of halogens is 2. The average Bonchev–Trinajstić information content (AvgIpc) is 2.44. The molecule has 0 atom stereocenters. The first-order valence-corrected chi connectivity index (χ1v) is 7.38. The van der Waals surface area contributed by atoms with Crippen LogP contribution in [-0.2, 0) is 6.42 Å². The fourth-order valence-electron chi connectivity index (χ4n) is 1.90. The van der Waals surface area contributed by atoms with Gasteiger partial charge in [0.15, 0.2) is 0 Å². The summed E-state index contributed by atoms with van der Waals surface area (Å²) in [6.45, 7) is 4.36. The van der Waals surface area contributed by atoms with Gasteiger partial charge < -0.3 is 5.32 Å². The van der Waals surface area contributed by atoms with Crippen LogP contribution in [0.15, 0.2) is 30.5 Å². The molecule has 0 fully saturated rings. The summed E-state index contributed by atoms with van der Waals surface area (Å²) in [6, 6.07) is 7.20. The Balaban J connectivity index is 1.93. The van der Waals surface area contributed by atoms with Crippen molar-refractivity contribution in [2.45, 2.75) is 20.3 Å². The van der Waals surface area contributed by atoms with Gasteiger partial charge in [-0.3, -0.25) is 9.78 Å². The van der Waals surface area contributed by atoms with E-state index in [0.717, 1.165) is 16.8 Å². The van der Waals surface area contributed by atoms with E-state index >= 15 is 0 Å². The molecule has 0 unspecified atom stereocenters. The largest absolute Gasteiger partial charge is 0.352 e. The smallest absolute Gasteiger partial charge is 0.252 e. The van der Waals surface area contributed by atoms with Crippen LogP contribution in [0.5, 0.6) is 0 Å². The monoisotopic (exact) mass is 322 g/mol. The number of hydrogen-bond donors (Lipinski definition) is 1. The lowest BCUT2D eigenvalue weighted by Crippen LogP contribution is -2.26. The number of aromatic nitrogens is 1. The SMILES string of the molecule is Cc1cc(C(=O)NCCc2ccc(Cl)cc2Cl)cnc1C. The Hall–Kier alpha value is -1.58. The van der Waals surface area contributed by atoms with Crippen LogP contribution >= 0.6 is 23.2 Å². The van der Waals surface area contributed by atoms with Crippen molar-refractivity contribution < 1.29 is 4.79 Å². The number of benzene rings is 1. The fourth-order valence-corrected chi connectivity index (χ4v) is 2.41. The molecule has 1 N–H and O–H groups in total. The van der Waals surface area contributed by atoms with Crippen molar-refractivity contribution in [3.05, 3.63) is 62.9 Å². The van der Waals surface area contributed by atoms with Crippen LogP contribution in [0.1, 0.15) is 27.2 Å². The molecule has 0 aliphatic heterocycles. The first-order valence-electron chi connectivity index (χ1n) is 6.63. The average molecular weight is 323 g/mol. The predicted octanol–water partition coefficient (Wildman–Crippen LogP) is 3.98. The van der Waals surface area contributed by atoms with Crippen LogP contribution in [0.3, 0.4) is 0 Å². The number of carbonyl (C=O) groups excluding carboxylic acids is 1. The van der Waals surface area contributed by atoms with Crippen molar-refractivity contribution in [1.29, 1.82) is 0 Å². The van der Waals surface area contributed by atoms with Crippen LogP contribution < -0.4 is 5.32 Å². The second-order valence-corrected chi connectivity index (χ2v) is 5.71. The number of pyridine rings is 1. The van der Waals surface area contributed by atoms with Gasteiger partial charge in [0.05, 0.1) is 5.56 Å². The van der Waals surface area contributed by atoms with Crippen LogP contribution in [-0.4, -0.2) is 17.4 Å². The number of amides is 1. The maximum Gasteiger partial charge on any atom is 0.252 e. The Morgan fingerprint density at radius 2 is 2.00 bits per heavy atom. The molecule has 2 aromatic rings. The van der Waals surface area contributed by atoms with Gasteiger partial charge in [-0.1, -0.05) is 29.3 Å². The van der Waals surface area contributed by atoms with E-state index in [0.29, 0.717) is 28.6 Å². The number of carbonyl (C=O) groups is 1. The minimum atomic E-state index is -0.129. The van der Waals surface area contributed by atoms with Crippen molar-refractivity contribution in [3.8, 4) is 0 Å². The van der Waals surface area contributed by atoms with Crippen LogP contribution in [0.25, 0.3) is 0 Å². The van der Waals surface area contributed by atoms with E-state index in [4.69, 9.17) is 23.2 Å². The van der Waals surface area contributed by atoms with Crippen LogP contribution in [0.4, 0.5) is 0 Å². The molecular weight excluding hydrogens is 307 g/mol. The molecule has 1 aromatic heterocycles. The van der Waals surface area contributed by atoms with Gasteiger partial charge in [-0.2, -0.15) is 0 Å². The van der Waals surface area contributed by atoms with Gasteiger partial charge in [0, 0.05) is 28.5 Å². The minimum Gasteiger partial charge on any atom is -0.352 e. The Labute approximate surface area is 134 Å². The summed E-state index contributed by atoms with van der Waals surface area (Å²) >= 11 is 11.9. The Morgan fingerprint density at radius 3 is 2.67 bits per heavy atom. The topological polar surface area (TPSA) is 42.0 Å². The number of aryl methyl sites for hydroxylation is 2. The lowest BCUT2D eigenvalue weighted by atomic mass is 10.1. The second-order valence-electron chi connectivity index (χ2n) is 4.87.